The van der Waals surface area contributed by atoms with E-state index in [0.29, 0.717) is 12.0 Å². The number of hydrogen-bond acceptors (Lipinski definition) is 2. The number of furan rings is 1. The number of rotatable bonds is 4. The zero-order chi connectivity index (χ0) is 14.4. The Morgan fingerprint density at radius 2 is 1.90 bits per heavy atom. The fourth-order valence-corrected chi connectivity index (χ4v) is 3.10. The Hall–Kier alpha value is -1.28. The topological polar surface area (TPSA) is 25.2 Å². The van der Waals surface area contributed by atoms with E-state index in [-0.39, 0.29) is 0 Å². The van der Waals surface area contributed by atoms with Crippen LogP contribution < -0.4 is 5.32 Å². The summed E-state index contributed by atoms with van der Waals surface area (Å²) < 4.78 is 6.27. The molecule has 1 saturated carbocycles. The van der Waals surface area contributed by atoms with Gasteiger partial charge >= 0.3 is 0 Å². The van der Waals surface area contributed by atoms with Crippen molar-refractivity contribution in [1.82, 2.24) is 5.32 Å². The van der Waals surface area contributed by atoms with Gasteiger partial charge in [0.1, 0.15) is 11.3 Å². The van der Waals surface area contributed by atoms with E-state index < -0.39 is 0 Å². The minimum absolute atomic E-state index is 0.494. The van der Waals surface area contributed by atoms with Crippen molar-refractivity contribution in [3.8, 4) is 0 Å². The summed E-state index contributed by atoms with van der Waals surface area (Å²) in [6, 6.07) is 3.00. The molecule has 0 aliphatic heterocycles. The summed E-state index contributed by atoms with van der Waals surface area (Å²) >= 11 is 0. The highest BCUT2D eigenvalue weighted by Gasteiger charge is 2.24. The van der Waals surface area contributed by atoms with Crippen molar-refractivity contribution in [1.29, 1.82) is 0 Å². The predicted molar refractivity (Wildman–Crippen MR) is 84.4 cm³/mol. The number of benzene rings is 1. The van der Waals surface area contributed by atoms with Crippen LogP contribution in [0.3, 0.4) is 0 Å². The zero-order valence-corrected chi connectivity index (χ0v) is 13.3. The first-order valence-corrected chi connectivity index (χ1v) is 7.74. The lowest BCUT2D eigenvalue weighted by atomic mass is 9.94. The van der Waals surface area contributed by atoms with Crippen LogP contribution in [0.1, 0.15) is 60.6 Å². The highest BCUT2D eigenvalue weighted by atomic mass is 16.3. The van der Waals surface area contributed by atoms with E-state index in [0.717, 1.165) is 17.9 Å². The normalized spacial score (nSPS) is 15.5. The first-order valence-electron chi connectivity index (χ1n) is 7.74. The molecule has 0 saturated heterocycles. The number of aryl methyl sites for hydroxylation is 3. The molecule has 108 valence electrons. The molecule has 2 nitrogen and oxygen atoms in total. The molecule has 1 N–H and O–H groups in total. The third-order valence-electron chi connectivity index (χ3n) is 4.49. The molecule has 2 heteroatoms. The molecule has 1 heterocycles. The predicted octanol–water partition coefficient (Wildman–Crippen LogP) is 4.73. The summed E-state index contributed by atoms with van der Waals surface area (Å²) in [4.78, 5) is 0. The summed E-state index contributed by atoms with van der Waals surface area (Å²) in [5.41, 5.74) is 6.44. The average molecular weight is 271 g/mol. The summed E-state index contributed by atoms with van der Waals surface area (Å²) in [6.07, 6.45) is 2.63. The van der Waals surface area contributed by atoms with Gasteiger partial charge in [0, 0.05) is 17.0 Å². The molecule has 0 spiro atoms. The summed E-state index contributed by atoms with van der Waals surface area (Å²) in [5.74, 6) is 1.63. The van der Waals surface area contributed by atoms with Crippen molar-refractivity contribution in [3.63, 3.8) is 0 Å². The van der Waals surface area contributed by atoms with Crippen molar-refractivity contribution >= 4 is 11.0 Å². The number of fused-ring (bicyclic) bond motifs is 1. The van der Waals surface area contributed by atoms with Crippen LogP contribution in [-0.4, -0.2) is 6.04 Å². The van der Waals surface area contributed by atoms with Gasteiger partial charge in [-0.1, -0.05) is 19.9 Å². The molecule has 0 amide bonds. The van der Waals surface area contributed by atoms with Crippen LogP contribution in [0.2, 0.25) is 0 Å². The largest absolute Gasteiger partial charge is 0.459 e. The molecule has 1 aliphatic carbocycles. The molecule has 0 bridgehead atoms. The highest BCUT2D eigenvalue weighted by molar-refractivity contribution is 5.89. The first kappa shape index (κ1) is 13.7. The minimum Gasteiger partial charge on any atom is -0.459 e. The van der Waals surface area contributed by atoms with Crippen LogP contribution in [0.5, 0.6) is 0 Å². The molecule has 0 radical (unpaired) electrons. The van der Waals surface area contributed by atoms with E-state index in [4.69, 9.17) is 4.42 Å². The Labute approximate surface area is 121 Å². The second-order valence-corrected chi connectivity index (χ2v) is 6.59. The molecule has 2 aromatic rings. The van der Waals surface area contributed by atoms with Gasteiger partial charge < -0.3 is 9.73 Å². The smallest absolute Gasteiger partial charge is 0.138 e. The van der Waals surface area contributed by atoms with Gasteiger partial charge in [0.15, 0.2) is 0 Å². The van der Waals surface area contributed by atoms with Crippen molar-refractivity contribution in [2.75, 3.05) is 0 Å². The fraction of sp³-hybridized carbons (Fsp3) is 0.556. The molecule has 1 fully saturated rings. The highest BCUT2D eigenvalue weighted by Crippen LogP contribution is 2.37. The Balaban J connectivity index is 2.15. The van der Waals surface area contributed by atoms with Crippen molar-refractivity contribution < 1.29 is 4.42 Å². The zero-order valence-electron chi connectivity index (χ0n) is 13.3. The third kappa shape index (κ3) is 2.26. The summed E-state index contributed by atoms with van der Waals surface area (Å²) in [7, 11) is 0. The van der Waals surface area contributed by atoms with Gasteiger partial charge in [-0.15, -0.1) is 0 Å². The lowest BCUT2D eigenvalue weighted by molar-refractivity contribution is 0.502. The van der Waals surface area contributed by atoms with Crippen LogP contribution in [-0.2, 0) is 6.54 Å². The molecule has 0 unspecified atom stereocenters. The maximum Gasteiger partial charge on any atom is 0.138 e. The van der Waals surface area contributed by atoms with Crippen LogP contribution >= 0.6 is 0 Å². The van der Waals surface area contributed by atoms with E-state index in [9.17, 15) is 0 Å². The summed E-state index contributed by atoms with van der Waals surface area (Å²) in [5, 5.41) is 4.93. The molecule has 0 atom stereocenters. The Bertz CT molecular complexity index is 647. The maximum atomic E-state index is 6.27. The molecule has 1 aliphatic rings. The van der Waals surface area contributed by atoms with Crippen LogP contribution in [0.25, 0.3) is 11.0 Å². The first-order chi connectivity index (χ1) is 9.49. The number of hydrogen-bond donors (Lipinski definition) is 1. The van der Waals surface area contributed by atoms with Gasteiger partial charge in [0.05, 0.1) is 6.54 Å². The second-order valence-electron chi connectivity index (χ2n) is 6.59. The molecular formula is C18H25NO. The van der Waals surface area contributed by atoms with Crippen molar-refractivity contribution in [3.05, 3.63) is 34.1 Å². The molecule has 1 aromatic heterocycles. The molecule has 1 aromatic carbocycles. The monoisotopic (exact) mass is 271 g/mol. The summed E-state index contributed by atoms with van der Waals surface area (Å²) in [6.45, 7) is 11.9. The average Bonchev–Trinajstić information content (AvgIpc) is 3.12. The van der Waals surface area contributed by atoms with E-state index in [1.54, 1.807) is 0 Å². The minimum atomic E-state index is 0.494. The lowest BCUT2D eigenvalue weighted by Gasteiger charge is -2.09. The quantitative estimate of drug-likeness (QED) is 0.869. The van der Waals surface area contributed by atoms with Crippen LogP contribution in [0.15, 0.2) is 10.5 Å². The third-order valence-corrected chi connectivity index (χ3v) is 4.49. The fourth-order valence-electron chi connectivity index (χ4n) is 3.10. The second kappa shape index (κ2) is 4.92. The van der Waals surface area contributed by atoms with E-state index in [2.05, 4.69) is 46.0 Å². The standard InChI is InChI=1S/C18H25NO/c1-10(2)16-15(9-19-14-6-7-14)20-18-13(5)11(3)8-12(4)17(16)18/h8,10,14,19H,6-7,9H2,1-5H3. The lowest BCUT2D eigenvalue weighted by Crippen LogP contribution is -2.16. The van der Waals surface area contributed by atoms with E-state index in [1.165, 1.54) is 40.5 Å². The van der Waals surface area contributed by atoms with Gasteiger partial charge in [-0.2, -0.15) is 0 Å². The van der Waals surface area contributed by atoms with Crippen LogP contribution in [0, 0.1) is 20.8 Å². The number of nitrogens with one attached hydrogen (secondary N) is 1. The van der Waals surface area contributed by atoms with Gasteiger partial charge in [0.25, 0.3) is 0 Å². The maximum absolute atomic E-state index is 6.27. The van der Waals surface area contributed by atoms with Crippen LogP contribution in [0.4, 0.5) is 0 Å². The van der Waals surface area contributed by atoms with Gasteiger partial charge in [-0.3, -0.25) is 0 Å². The Morgan fingerprint density at radius 3 is 2.50 bits per heavy atom. The van der Waals surface area contributed by atoms with E-state index >= 15 is 0 Å². The molecular weight excluding hydrogens is 246 g/mol. The Kier molecular flexibility index (Phi) is 3.37. The SMILES string of the molecule is Cc1cc(C)c2c(C(C)C)c(CNC3CC3)oc2c1C. The van der Waals surface area contributed by atoms with Gasteiger partial charge in [-0.25, -0.2) is 0 Å². The van der Waals surface area contributed by atoms with Crippen molar-refractivity contribution in [2.45, 2.75) is 66.0 Å². The van der Waals surface area contributed by atoms with Gasteiger partial charge in [-0.05, 0) is 56.2 Å². The Morgan fingerprint density at radius 1 is 1.20 bits per heavy atom. The molecule has 3 rings (SSSR count). The van der Waals surface area contributed by atoms with E-state index in [1.807, 2.05) is 0 Å². The van der Waals surface area contributed by atoms with Gasteiger partial charge in [0.2, 0.25) is 0 Å². The van der Waals surface area contributed by atoms with Crippen molar-refractivity contribution in [2.24, 2.45) is 0 Å². The molecule has 20 heavy (non-hydrogen) atoms.